The zero-order chi connectivity index (χ0) is 7.66. The zero-order valence-corrected chi connectivity index (χ0v) is 7.40. The van der Waals surface area contributed by atoms with Gasteiger partial charge in [-0.3, -0.25) is 0 Å². The maximum absolute atomic E-state index is 2.37. The SMILES string of the molecule is CC[CH]CCCC[CH]CC. The van der Waals surface area contributed by atoms with Crippen LogP contribution in [0.5, 0.6) is 0 Å². The largest absolute Gasteiger partial charge is 0.0651 e. The topological polar surface area (TPSA) is 0 Å². The molecular formula is C10H20. The molecule has 0 saturated heterocycles. The van der Waals surface area contributed by atoms with Gasteiger partial charge >= 0.3 is 0 Å². The molecule has 0 aliphatic carbocycles. The molecule has 0 bridgehead atoms. The summed E-state index contributed by atoms with van der Waals surface area (Å²) in [6.07, 6.45) is 12.6. The van der Waals surface area contributed by atoms with Crippen molar-refractivity contribution < 1.29 is 0 Å². The van der Waals surface area contributed by atoms with Crippen molar-refractivity contribution in [2.45, 2.75) is 52.4 Å². The van der Waals surface area contributed by atoms with E-state index in [1.165, 1.54) is 38.5 Å². The molecule has 2 radical (unpaired) electrons. The van der Waals surface area contributed by atoms with Gasteiger partial charge in [-0.25, -0.2) is 0 Å². The molecule has 0 spiro atoms. The lowest BCUT2D eigenvalue weighted by Crippen LogP contribution is -1.79. The number of rotatable bonds is 7. The lowest BCUT2D eigenvalue weighted by molar-refractivity contribution is 0.696. The summed E-state index contributed by atoms with van der Waals surface area (Å²) in [6.45, 7) is 4.41. The highest BCUT2D eigenvalue weighted by molar-refractivity contribution is 4.65. The molecule has 0 aromatic heterocycles. The fourth-order valence-corrected chi connectivity index (χ4v) is 0.986. The van der Waals surface area contributed by atoms with Crippen molar-refractivity contribution in [1.82, 2.24) is 0 Å². The molecule has 0 rings (SSSR count). The van der Waals surface area contributed by atoms with Crippen LogP contribution < -0.4 is 0 Å². The van der Waals surface area contributed by atoms with E-state index >= 15 is 0 Å². The lowest BCUT2D eigenvalue weighted by atomic mass is 10.1. The first-order valence-electron chi connectivity index (χ1n) is 4.55. The van der Waals surface area contributed by atoms with Crippen LogP contribution in [0.2, 0.25) is 0 Å². The van der Waals surface area contributed by atoms with Gasteiger partial charge in [0.2, 0.25) is 0 Å². The van der Waals surface area contributed by atoms with Crippen LogP contribution in [-0.4, -0.2) is 0 Å². The quantitative estimate of drug-likeness (QED) is 0.472. The van der Waals surface area contributed by atoms with Crippen LogP contribution in [0.4, 0.5) is 0 Å². The summed E-state index contributed by atoms with van der Waals surface area (Å²) in [5.74, 6) is 0. The van der Waals surface area contributed by atoms with Gasteiger partial charge in [0.25, 0.3) is 0 Å². The summed E-state index contributed by atoms with van der Waals surface area (Å²) in [5.41, 5.74) is 0. The van der Waals surface area contributed by atoms with E-state index in [1.54, 1.807) is 0 Å². The summed E-state index contributed by atoms with van der Waals surface area (Å²) >= 11 is 0. The smallest absolute Gasteiger partial charge is 0.0389 e. The Labute approximate surface area is 66.0 Å². The Bertz CT molecular complexity index is 40.0. The second-order valence-corrected chi connectivity index (χ2v) is 2.68. The molecule has 60 valence electrons. The third-order valence-corrected chi connectivity index (χ3v) is 1.64. The van der Waals surface area contributed by atoms with Gasteiger partial charge in [0.05, 0.1) is 0 Å². The molecule has 0 fully saturated rings. The molecule has 0 heteroatoms. The van der Waals surface area contributed by atoms with Crippen molar-refractivity contribution in [2.24, 2.45) is 0 Å². The molecule has 0 aliphatic heterocycles. The minimum atomic E-state index is 1.23. The number of hydrogen-bond acceptors (Lipinski definition) is 0. The summed E-state index contributed by atoms with van der Waals surface area (Å²) in [7, 11) is 0. The van der Waals surface area contributed by atoms with Gasteiger partial charge in [-0.2, -0.15) is 0 Å². The molecule has 0 aromatic carbocycles. The minimum Gasteiger partial charge on any atom is -0.0651 e. The Kier molecular flexibility index (Phi) is 9.00. The number of hydrogen-bond donors (Lipinski definition) is 0. The third kappa shape index (κ3) is 8.00. The molecule has 0 nitrogen and oxygen atoms in total. The number of unbranched alkanes of at least 4 members (excludes halogenated alkanes) is 7. The molecular weight excluding hydrogens is 120 g/mol. The zero-order valence-electron chi connectivity index (χ0n) is 7.40. The highest BCUT2D eigenvalue weighted by Crippen LogP contribution is 2.06. The maximum atomic E-state index is 2.37. The normalized spacial score (nSPS) is 10.2. The summed E-state index contributed by atoms with van der Waals surface area (Å²) in [4.78, 5) is 0. The van der Waals surface area contributed by atoms with Gasteiger partial charge in [0.1, 0.15) is 0 Å². The van der Waals surface area contributed by atoms with Crippen LogP contribution in [0, 0.1) is 12.8 Å². The fourth-order valence-electron chi connectivity index (χ4n) is 0.986. The van der Waals surface area contributed by atoms with Crippen molar-refractivity contribution in [1.29, 1.82) is 0 Å². The lowest BCUT2D eigenvalue weighted by Gasteiger charge is -1.97. The van der Waals surface area contributed by atoms with Crippen LogP contribution >= 0.6 is 0 Å². The molecule has 10 heavy (non-hydrogen) atoms. The summed E-state index contributed by atoms with van der Waals surface area (Å²) in [5, 5.41) is 0. The van der Waals surface area contributed by atoms with Crippen LogP contribution in [0.15, 0.2) is 0 Å². The Balaban J connectivity index is 2.65. The van der Waals surface area contributed by atoms with E-state index in [0.29, 0.717) is 0 Å². The van der Waals surface area contributed by atoms with Gasteiger partial charge in [-0.05, 0) is 12.8 Å². The van der Waals surface area contributed by atoms with Crippen LogP contribution in [-0.2, 0) is 0 Å². The first-order chi connectivity index (χ1) is 4.91. The average Bonchev–Trinajstić information content (AvgIpc) is 1.97. The van der Waals surface area contributed by atoms with Crippen molar-refractivity contribution in [2.75, 3.05) is 0 Å². The Morgan fingerprint density at radius 3 is 1.50 bits per heavy atom. The predicted octanol–water partition coefficient (Wildman–Crippen LogP) is 3.78. The highest BCUT2D eigenvalue weighted by atomic mass is 13.9. The van der Waals surface area contributed by atoms with E-state index in [2.05, 4.69) is 26.7 Å². The first-order valence-corrected chi connectivity index (χ1v) is 4.55. The van der Waals surface area contributed by atoms with Crippen molar-refractivity contribution >= 4 is 0 Å². The molecule has 0 aromatic rings. The Morgan fingerprint density at radius 1 is 0.800 bits per heavy atom. The van der Waals surface area contributed by atoms with Crippen molar-refractivity contribution in [3.05, 3.63) is 12.8 Å². The van der Waals surface area contributed by atoms with Crippen molar-refractivity contribution in [3.63, 3.8) is 0 Å². The summed E-state index contributed by atoms with van der Waals surface area (Å²) in [6, 6.07) is 0. The second kappa shape index (κ2) is 9.00. The minimum absolute atomic E-state index is 1.23. The molecule has 0 amide bonds. The Hall–Kier alpha value is 0. The third-order valence-electron chi connectivity index (χ3n) is 1.64. The van der Waals surface area contributed by atoms with E-state index in [1.807, 2.05) is 0 Å². The molecule has 0 saturated carbocycles. The standard InChI is InChI=1S/C10H20/c1-3-5-7-9-10-8-6-4-2/h5-6H,3-4,7-10H2,1-2H3. The van der Waals surface area contributed by atoms with Gasteiger partial charge in [0, 0.05) is 0 Å². The molecule has 0 aliphatic rings. The summed E-state index contributed by atoms with van der Waals surface area (Å²) < 4.78 is 0. The van der Waals surface area contributed by atoms with E-state index < -0.39 is 0 Å². The van der Waals surface area contributed by atoms with Crippen LogP contribution in [0.1, 0.15) is 52.4 Å². The highest BCUT2D eigenvalue weighted by Gasteiger charge is 1.88. The Morgan fingerprint density at radius 2 is 1.20 bits per heavy atom. The van der Waals surface area contributed by atoms with E-state index in [4.69, 9.17) is 0 Å². The van der Waals surface area contributed by atoms with Crippen LogP contribution in [0.3, 0.4) is 0 Å². The molecule has 0 unspecified atom stereocenters. The van der Waals surface area contributed by atoms with E-state index in [9.17, 15) is 0 Å². The van der Waals surface area contributed by atoms with Crippen molar-refractivity contribution in [3.8, 4) is 0 Å². The van der Waals surface area contributed by atoms with Gasteiger partial charge in [-0.15, -0.1) is 0 Å². The fraction of sp³-hybridized carbons (Fsp3) is 0.800. The predicted molar refractivity (Wildman–Crippen MR) is 47.7 cm³/mol. The molecule has 0 heterocycles. The monoisotopic (exact) mass is 140 g/mol. The average molecular weight is 140 g/mol. The second-order valence-electron chi connectivity index (χ2n) is 2.68. The van der Waals surface area contributed by atoms with Gasteiger partial charge < -0.3 is 0 Å². The van der Waals surface area contributed by atoms with Crippen LogP contribution in [0.25, 0.3) is 0 Å². The van der Waals surface area contributed by atoms with Gasteiger partial charge in [-0.1, -0.05) is 52.4 Å². The maximum Gasteiger partial charge on any atom is -0.0389 e. The van der Waals surface area contributed by atoms with E-state index in [-0.39, 0.29) is 0 Å². The first kappa shape index (κ1) is 10.0. The van der Waals surface area contributed by atoms with E-state index in [0.717, 1.165) is 0 Å². The molecule has 0 atom stereocenters. The molecule has 0 N–H and O–H groups in total. The van der Waals surface area contributed by atoms with Gasteiger partial charge in [0.15, 0.2) is 0 Å².